The SMILES string of the molecule is O=C1N=C2C=C(Cl)/C(=N\S(=O)(=O)c3ccccc3)C=C2O1. The summed E-state index contributed by atoms with van der Waals surface area (Å²) in [4.78, 5) is 14.7. The van der Waals surface area contributed by atoms with E-state index in [1.807, 2.05) is 0 Å². The molecule has 0 saturated carbocycles. The molecule has 0 fully saturated rings. The molecule has 0 aromatic heterocycles. The zero-order valence-corrected chi connectivity index (χ0v) is 11.9. The number of nitrogens with zero attached hydrogens (tertiary/aromatic N) is 2. The number of hydrogen-bond donors (Lipinski definition) is 0. The van der Waals surface area contributed by atoms with Gasteiger partial charge in [-0.25, -0.2) is 4.79 Å². The van der Waals surface area contributed by atoms with E-state index in [-0.39, 0.29) is 27.1 Å². The number of aliphatic imine (C=N–C) groups is 1. The van der Waals surface area contributed by atoms with Crippen LogP contribution in [0.5, 0.6) is 0 Å². The molecule has 106 valence electrons. The van der Waals surface area contributed by atoms with Gasteiger partial charge < -0.3 is 4.74 Å². The molecule has 1 aromatic carbocycles. The van der Waals surface area contributed by atoms with Gasteiger partial charge in [0.2, 0.25) is 0 Å². The molecule has 1 aliphatic heterocycles. The summed E-state index contributed by atoms with van der Waals surface area (Å²) in [6.07, 6.45) is 1.83. The lowest BCUT2D eigenvalue weighted by atomic mass is 10.1. The summed E-state index contributed by atoms with van der Waals surface area (Å²) >= 11 is 5.96. The number of rotatable bonds is 2. The van der Waals surface area contributed by atoms with Crippen molar-refractivity contribution in [2.45, 2.75) is 4.90 Å². The normalized spacial score (nSPS) is 19.6. The van der Waals surface area contributed by atoms with E-state index in [0.29, 0.717) is 0 Å². The van der Waals surface area contributed by atoms with Crippen molar-refractivity contribution in [3.63, 3.8) is 0 Å². The van der Waals surface area contributed by atoms with E-state index in [0.717, 1.165) is 0 Å². The molecule has 6 nitrogen and oxygen atoms in total. The number of fused-ring (bicyclic) bond motifs is 1. The molecule has 3 rings (SSSR count). The third kappa shape index (κ3) is 2.65. The molecule has 0 saturated heterocycles. The van der Waals surface area contributed by atoms with Crippen molar-refractivity contribution < 1.29 is 17.9 Å². The Hall–Kier alpha value is -2.25. The first-order valence-corrected chi connectivity index (χ1v) is 7.58. The highest BCUT2D eigenvalue weighted by Crippen LogP contribution is 2.24. The van der Waals surface area contributed by atoms with Gasteiger partial charge in [0.15, 0.2) is 5.76 Å². The maximum absolute atomic E-state index is 12.2. The topological polar surface area (TPSA) is 85.2 Å². The van der Waals surface area contributed by atoms with Crippen LogP contribution in [0.1, 0.15) is 0 Å². The Morgan fingerprint density at radius 1 is 1.14 bits per heavy atom. The fourth-order valence-corrected chi connectivity index (χ4v) is 3.03. The predicted molar refractivity (Wildman–Crippen MR) is 77.0 cm³/mol. The Kier molecular flexibility index (Phi) is 3.23. The van der Waals surface area contributed by atoms with Crippen LogP contribution in [0.3, 0.4) is 0 Å². The number of carbonyl (C=O) groups excluding carboxylic acids is 1. The molecule has 0 N–H and O–H groups in total. The van der Waals surface area contributed by atoms with Crippen molar-refractivity contribution >= 4 is 39.1 Å². The molecule has 2 aliphatic rings. The number of carbonyl (C=O) groups is 1. The summed E-state index contributed by atoms with van der Waals surface area (Å²) in [7, 11) is -3.90. The third-order valence-electron chi connectivity index (χ3n) is 2.70. The van der Waals surface area contributed by atoms with Gasteiger partial charge in [0, 0.05) is 6.08 Å². The lowest BCUT2D eigenvalue weighted by molar-refractivity contribution is 0.197. The van der Waals surface area contributed by atoms with Crippen LogP contribution in [0, 0.1) is 0 Å². The van der Waals surface area contributed by atoms with Crippen LogP contribution in [0.2, 0.25) is 0 Å². The van der Waals surface area contributed by atoms with E-state index in [1.165, 1.54) is 24.3 Å². The van der Waals surface area contributed by atoms with E-state index >= 15 is 0 Å². The number of halogens is 1. The van der Waals surface area contributed by atoms with E-state index in [4.69, 9.17) is 16.3 Å². The second-order valence-electron chi connectivity index (χ2n) is 4.13. The van der Waals surface area contributed by atoms with Gasteiger partial charge in [-0.3, -0.25) is 0 Å². The number of allylic oxidation sites excluding steroid dienone is 3. The monoisotopic (exact) mass is 322 g/mol. The molecular formula is C13H7ClN2O4S. The molecule has 1 heterocycles. The smallest absolute Gasteiger partial charge is 0.406 e. The van der Waals surface area contributed by atoms with Crippen molar-refractivity contribution in [3.05, 3.63) is 53.3 Å². The van der Waals surface area contributed by atoms with Gasteiger partial charge in [0.25, 0.3) is 10.0 Å². The van der Waals surface area contributed by atoms with Crippen molar-refractivity contribution in [1.82, 2.24) is 0 Å². The summed E-state index contributed by atoms with van der Waals surface area (Å²) < 4.78 is 32.8. The maximum atomic E-state index is 12.2. The molecule has 0 bridgehead atoms. The minimum Gasteiger partial charge on any atom is -0.406 e. The highest BCUT2D eigenvalue weighted by Gasteiger charge is 2.27. The van der Waals surface area contributed by atoms with Crippen LogP contribution in [-0.2, 0) is 14.8 Å². The van der Waals surface area contributed by atoms with Crippen LogP contribution >= 0.6 is 11.6 Å². The largest absolute Gasteiger partial charge is 0.439 e. The quantitative estimate of drug-likeness (QED) is 0.783. The maximum Gasteiger partial charge on any atom is 0.439 e. The average Bonchev–Trinajstić information content (AvgIpc) is 2.79. The molecule has 0 unspecified atom stereocenters. The first-order valence-electron chi connectivity index (χ1n) is 5.76. The van der Waals surface area contributed by atoms with Crippen LogP contribution in [0.25, 0.3) is 0 Å². The number of benzene rings is 1. The molecule has 21 heavy (non-hydrogen) atoms. The molecule has 1 amide bonds. The Bertz CT molecular complexity index is 851. The van der Waals surface area contributed by atoms with E-state index in [1.54, 1.807) is 18.2 Å². The van der Waals surface area contributed by atoms with E-state index in [9.17, 15) is 13.2 Å². The zero-order valence-electron chi connectivity index (χ0n) is 10.4. The van der Waals surface area contributed by atoms with Gasteiger partial charge in [-0.05, 0) is 18.2 Å². The molecular weight excluding hydrogens is 316 g/mol. The van der Waals surface area contributed by atoms with Gasteiger partial charge in [-0.15, -0.1) is 0 Å². The van der Waals surface area contributed by atoms with Gasteiger partial charge >= 0.3 is 6.09 Å². The highest BCUT2D eigenvalue weighted by molar-refractivity contribution is 7.90. The summed E-state index contributed by atoms with van der Waals surface area (Å²) in [5.74, 6) is 0.131. The Morgan fingerprint density at radius 3 is 2.57 bits per heavy atom. The third-order valence-corrected chi connectivity index (χ3v) is 4.30. The molecule has 0 radical (unpaired) electrons. The fourth-order valence-electron chi connectivity index (χ4n) is 1.76. The Labute approximate surface area is 125 Å². The minimum absolute atomic E-state index is 0.0100. The molecule has 8 heteroatoms. The lowest BCUT2D eigenvalue weighted by Gasteiger charge is -2.08. The first-order chi connectivity index (χ1) is 9.95. The molecule has 1 aromatic rings. The summed E-state index contributed by atoms with van der Waals surface area (Å²) in [5, 5.41) is 0.0651. The lowest BCUT2D eigenvalue weighted by Crippen LogP contribution is -2.11. The Morgan fingerprint density at radius 2 is 1.86 bits per heavy atom. The van der Waals surface area contributed by atoms with Crippen molar-refractivity contribution in [1.29, 1.82) is 0 Å². The molecule has 1 aliphatic carbocycles. The highest BCUT2D eigenvalue weighted by atomic mass is 35.5. The number of amides is 1. The van der Waals surface area contributed by atoms with Crippen LogP contribution in [0.15, 0.2) is 67.6 Å². The molecule has 0 spiro atoms. The second-order valence-corrected chi connectivity index (χ2v) is 6.14. The first kappa shape index (κ1) is 13.7. The average molecular weight is 323 g/mol. The Balaban J connectivity index is 2.04. The second kappa shape index (κ2) is 4.94. The van der Waals surface area contributed by atoms with Crippen LogP contribution in [-0.4, -0.2) is 25.9 Å². The van der Waals surface area contributed by atoms with Crippen LogP contribution in [0.4, 0.5) is 4.79 Å². The van der Waals surface area contributed by atoms with Crippen molar-refractivity contribution in [2.75, 3.05) is 0 Å². The van der Waals surface area contributed by atoms with Crippen molar-refractivity contribution in [3.8, 4) is 0 Å². The summed E-state index contributed by atoms with van der Waals surface area (Å²) in [6.45, 7) is 0. The standard InChI is InChI=1S/C13H7ClN2O4S/c14-9-6-11-12(20-13(17)15-11)7-10(9)16-21(18,19)8-4-2-1-3-5-8/h1-7H/b16-10-. The van der Waals surface area contributed by atoms with Gasteiger partial charge in [0.05, 0.1) is 15.6 Å². The number of ether oxygens (including phenoxy) is 1. The predicted octanol–water partition coefficient (Wildman–Crippen LogP) is 2.43. The van der Waals surface area contributed by atoms with E-state index in [2.05, 4.69) is 9.39 Å². The van der Waals surface area contributed by atoms with Gasteiger partial charge in [0.1, 0.15) is 5.71 Å². The summed E-state index contributed by atoms with van der Waals surface area (Å²) in [6, 6.07) is 7.73. The van der Waals surface area contributed by atoms with Gasteiger partial charge in [-0.2, -0.15) is 17.8 Å². The minimum atomic E-state index is -3.90. The van der Waals surface area contributed by atoms with Gasteiger partial charge in [-0.1, -0.05) is 29.8 Å². The number of hydrogen-bond acceptors (Lipinski definition) is 4. The fraction of sp³-hybridized carbons (Fsp3) is 0. The van der Waals surface area contributed by atoms with Crippen LogP contribution < -0.4 is 0 Å². The van der Waals surface area contributed by atoms with Crippen molar-refractivity contribution in [2.24, 2.45) is 9.39 Å². The zero-order chi connectivity index (χ0) is 15.0. The number of sulfonamides is 1. The molecule has 0 atom stereocenters. The van der Waals surface area contributed by atoms with E-state index < -0.39 is 16.1 Å². The summed E-state index contributed by atoms with van der Waals surface area (Å²) in [5.41, 5.74) is 0.241.